The second kappa shape index (κ2) is 9.56. The number of fused-ring (bicyclic) bond motifs is 1. The highest BCUT2D eigenvalue weighted by molar-refractivity contribution is 7.99. The summed E-state index contributed by atoms with van der Waals surface area (Å²) in [4.78, 5) is 48.2. The summed E-state index contributed by atoms with van der Waals surface area (Å²) < 4.78 is 7.48. The molecule has 33 heavy (non-hydrogen) atoms. The van der Waals surface area contributed by atoms with Gasteiger partial charge in [-0.05, 0) is 58.1 Å². The molecule has 3 aromatic heterocycles. The second-order valence-corrected chi connectivity index (χ2v) is 10.7. The molecule has 9 heteroatoms. The first kappa shape index (κ1) is 23.9. The Hall–Kier alpha value is -2.23. The van der Waals surface area contributed by atoms with E-state index in [0.29, 0.717) is 46.2 Å². The predicted octanol–water partition coefficient (Wildman–Crippen LogP) is 4.63. The van der Waals surface area contributed by atoms with Gasteiger partial charge >= 0.3 is 0 Å². The van der Waals surface area contributed by atoms with Gasteiger partial charge in [-0.1, -0.05) is 18.7 Å². The third-order valence-electron chi connectivity index (χ3n) is 6.24. The Balaban J connectivity index is 1.69. The van der Waals surface area contributed by atoms with Crippen LogP contribution in [-0.4, -0.2) is 44.6 Å². The topological polar surface area (TPSA) is 94.1 Å². The van der Waals surface area contributed by atoms with Crippen molar-refractivity contribution < 1.29 is 14.3 Å². The van der Waals surface area contributed by atoms with Gasteiger partial charge in [-0.25, -0.2) is 4.98 Å². The van der Waals surface area contributed by atoms with Gasteiger partial charge in [-0.15, -0.1) is 11.3 Å². The molecule has 4 heterocycles. The van der Waals surface area contributed by atoms with Gasteiger partial charge in [-0.3, -0.25) is 19.0 Å². The molecule has 0 spiro atoms. The largest absolute Gasteiger partial charge is 0.376 e. The van der Waals surface area contributed by atoms with Crippen LogP contribution in [0.1, 0.15) is 69.2 Å². The van der Waals surface area contributed by atoms with Crippen molar-refractivity contribution in [1.82, 2.24) is 14.5 Å². The maximum Gasteiger partial charge on any atom is 0.263 e. The van der Waals surface area contributed by atoms with E-state index < -0.39 is 0 Å². The van der Waals surface area contributed by atoms with Crippen molar-refractivity contribution in [2.75, 3.05) is 12.4 Å². The Morgan fingerprint density at radius 2 is 2.06 bits per heavy atom. The van der Waals surface area contributed by atoms with Gasteiger partial charge in [0.1, 0.15) is 4.83 Å². The van der Waals surface area contributed by atoms with E-state index in [0.717, 1.165) is 34.5 Å². The first-order chi connectivity index (χ1) is 15.7. The Morgan fingerprint density at radius 1 is 1.30 bits per heavy atom. The van der Waals surface area contributed by atoms with Crippen LogP contribution in [0.4, 0.5) is 0 Å². The Kier molecular flexibility index (Phi) is 6.93. The molecule has 0 radical (unpaired) electrons. The number of Topliss-reactive ketones (excluding diaryl/α,β-unsaturated/α-hetero) is 2. The summed E-state index contributed by atoms with van der Waals surface area (Å²) in [5, 5.41) is 1.23. The van der Waals surface area contributed by atoms with E-state index in [2.05, 4.69) is 11.9 Å². The summed E-state index contributed by atoms with van der Waals surface area (Å²) in [7, 11) is 0. The number of ether oxygens (including phenoxy) is 1. The van der Waals surface area contributed by atoms with Crippen molar-refractivity contribution in [2.45, 2.75) is 71.7 Å². The van der Waals surface area contributed by atoms with Gasteiger partial charge in [0.15, 0.2) is 16.7 Å². The number of aromatic amines is 1. The normalized spacial score (nSPS) is 16.1. The summed E-state index contributed by atoms with van der Waals surface area (Å²) >= 11 is 2.79. The number of nitrogens with zero attached hydrogens (tertiary/aromatic N) is 2. The van der Waals surface area contributed by atoms with E-state index in [-0.39, 0.29) is 29.0 Å². The molecular weight excluding hydrogens is 458 g/mol. The van der Waals surface area contributed by atoms with Crippen molar-refractivity contribution in [3.63, 3.8) is 0 Å². The number of nitrogens with one attached hydrogen (secondary N) is 1. The SMILES string of the molecule is CCc1c(C)sc2nc(SCC(=O)c3[nH]c(C)c(C(C)=O)c3C)n(CC3CCCO3)c(=O)c12. The molecule has 1 N–H and O–H groups in total. The molecule has 0 aromatic carbocycles. The van der Waals surface area contributed by atoms with Crippen molar-refractivity contribution in [1.29, 1.82) is 0 Å². The quantitative estimate of drug-likeness (QED) is 0.283. The minimum atomic E-state index is -0.122. The first-order valence-electron chi connectivity index (χ1n) is 11.2. The molecule has 1 aliphatic heterocycles. The van der Waals surface area contributed by atoms with E-state index in [9.17, 15) is 14.4 Å². The second-order valence-electron chi connectivity index (χ2n) is 8.51. The van der Waals surface area contributed by atoms with E-state index in [1.165, 1.54) is 30.0 Å². The zero-order valence-electron chi connectivity index (χ0n) is 19.7. The highest BCUT2D eigenvalue weighted by Crippen LogP contribution is 2.30. The highest BCUT2D eigenvalue weighted by atomic mass is 32.2. The number of H-pyrrole nitrogens is 1. The average Bonchev–Trinajstić information content (AvgIpc) is 3.45. The molecule has 0 bridgehead atoms. The Labute approximate surface area is 200 Å². The van der Waals surface area contributed by atoms with E-state index in [1.54, 1.807) is 18.4 Å². The Bertz CT molecular complexity index is 1300. The molecule has 7 nitrogen and oxygen atoms in total. The van der Waals surface area contributed by atoms with Gasteiger partial charge in [0.25, 0.3) is 5.56 Å². The molecule has 1 unspecified atom stereocenters. The number of thiophene rings is 1. The van der Waals surface area contributed by atoms with Gasteiger partial charge in [0.05, 0.1) is 29.5 Å². The lowest BCUT2D eigenvalue weighted by Gasteiger charge is -2.16. The standard InChI is InChI=1S/C24H29N3O4S2/c1-6-17-15(5)33-22-20(17)23(30)27(10-16-8-7-9-31-16)24(26-22)32-11-18(29)21-12(2)19(14(4)28)13(3)25-21/h16,25H,6-11H2,1-5H3. The van der Waals surface area contributed by atoms with Gasteiger partial charge in [0.2, 0.25) is 0 Å². The molecule has 3 aromatic rings. The van der Waals surface area contributed by atoms with Crippen molar-refractivity contribution >= 4 is 44.9 Å². The smallest absolute Gasteiger partial charge is 0.263 e. The molecule has 1 aliphatic rings. The number of carbonyl (C=O) groups is 2. The molecule has 176 valence electrons. The van der Waals surface area contributed by atoms with Crippen LogP contribution >= 0.6 is 23.1 Å². The molecule has 1 saturated heterocycles. The number of hydrogen-bond donors (Lipinski definition) is 1. The predicted molar refractivity (Wildman–Crippen MR) is 132 cm³/mol. The van der Waals surface area contributed by atoms with Crippen molar-refractivity contribution in [2.24, 2.45) is 0 Å². The van der Waals surface area contributed by atoms with Crippen LogP contribution in [0.25, 0.3) is 10.2 Å². The van der Waals surface area contributed by atoms with Gasteiger partial charge in [0, 0.05) is 22.7 Å². The summed E-state index contributed by atoms with van der Waals surface area (Å²) in [5.41, 5.74) is 3.38. The molecule has 1 fully saturated rings. The molecular formula is C24H29N3O4S2. The fourth-order valence-corrected chi connectivity index (χ4v) is 6.71. The lowest BCUT2D eigenvalue weighted by Crippen LogP contribution is -2.29. The van der Waals surface area contributed by atoms with Gasteiger partial charge in [-0.2, -0.15) is 0 Å². The molecule has 0 amide bonds. The zero-order valence-corrected chi connectivity index (χ0v) is 21.3. The van der Waals surface area contributed by atoms with Crippen LogP contribution in [0.2, 0.25) is 0 Å². The minimum absolute atomic E-state index is 0.0202. The fourth-order valence-electron chi connectivity index (χ4n) is 4.68. The number of hydrogen-bond acceptors (Lipinski definition) is 7. The van der Waals surface area contributed by atoms with Crippen molar-refractivity contribution in [3.8, 4) is 0 Å². The number of aromatic nitrogens is 3. The summed E-state index contributed by atoms with van der Waals surface area (Å²) in [6, 6.07) is 0. The summed E-state index contributed by atoms with van der Waals surface area (Å²) in [5.74, 6) is -0.0694. The van der Waals surface area contributed by atoms with E-state index in [1.807, 2.05) is 6.92 Å². The first-order valence-corrected chi connectivity index (χ1v) is 13.0. The number of ketones is 2. The number of carbonyl (C=O) groups excluding carboxylic acids is 2. The van der Waals surface area contributed by atoms with E-state index >= 15 is 0 Å². The average molecular weight is 488 g/mol. The Morgan fingerprint density at radius 3 is 2.67 bits per heavy atom. The van der Waals surface area contributed by atoms with Crippen LogP contribution < -0.4 is 5.56 Å². The maximum atomic E-state index is 13.6. The third-order valence-corrected chi connectivity index (χ3v) is 8.26. The van der Waals surface area contributed by atoms with Crippen LogP contribution in [-0.2, 0) is 17.7 Å². The zero-order chi connectivity index (χ0) is 23.9. The molecule has 0 aliphatic carbocycles. The number of thioether (sulfide) groups is 1. The number of rotatable bonds is 8. The fraction of sp³-hybridized carbons (Fsp3) is 0.500. The lowest BCUT2D eigenvalue weighted by atomic mass is 10.1. The minimum Gasteiger partial charge on any atom is -0.376 e. The molecule has 1 atom stereocenters. The summed E-state index contributed by atoms with van der Waals surface area (Å²) in [6.07, 6.45) is 2.65. The highest BCUT2D eigenvalue weighted by Gasteiger charge is 2.24. The van der Waals surface area contributed by atoms with Gasteiger partial charge < -0.3 is 9.72 Å². The third kappa shape index (κ3) is 4.46. The molecule has 0 saturated carbocycles. The monoisotopic (exact) mass is 487 g/mol. The van der Waals surface area contributed by atoms with E-state index in [4.69, 9.17) is 9.72 Å². The van der Waals surface area contributed by atoms with Crippen LogP contribution in [0.3, 0.4) is 0 Å². The summed E-state index contributed by atoms with van der Waals surface area (Å²) in [6.45, 7) is 10.3. The maximum absolute atomic E-state index is 13.6. The van der Waals surface area contributed by atoms with Crippen LogP contribution in [0, 0.1) is 20.8 Å². The number of aryl methyl sites for hydroxylation is 3. The van der Waals surface area contributed by atoms with Crippen LogP contribution in [0.15, 0.2) is 9.95 Å². The lowest BCUT2D eigenvalue weighted by molar-refractivity contribution is 0.0937. The van der Waals surface area contributed by atoms with Crippen LogP contribution in [0.5, 0.6) is 0 Å². The van der Waals surface area contributed by atoms with Crippen molar-refractivity contribution in [3.05, 3.63) is 43.3 Å². The molecule has 4 rings (SSSR count).